The van der Waals surface area contributed by atoms with E-state index in [1.165, 1.54) is 17.3 Å². The average Bonchev–Trinajstić information content (AvgIpc) is 3.07. The van der Waals surface area contributed by atoms with Crippen molar-refractivity contribution in [1.82, 2.24) is 20.4 Å². The van der Waals surface area contributed by atoms with Gasteiger partial charge in [-0.05, 0) is 38.8 Å². The van der Waals surface area contributed by atoms with Crippen LogP contribution in [0.4, 0.5) is 0 Å². The largest absolute Gasteiger partial charge is 0.424 e. The molecule has 0 fully saturated rings. The minimum atomic E-state index is -0.0512. The lowest BCUT2D eigenvalue weighted by atomic mass is 10.00. The Morgan fingerprint density at radius 2 is 1.61 bits per heavy atom. The summed E-state index contributed by atoms with van der Waals surface area (Å²) in [6.07, 6.45) is 0. The first-order valence-corrected chi connectivity index (χ1v) is 8.20. The predicted molar refractivity (Wildman–Crippen MR) is 87.3 cm³/mol. The molecule has 0 aliphatic rings. The number of rotatable bonds is 4. The van der Waals surface area contributed by atoms with Crippen molar-refractivity contribution in [2.24, 2.45) is 0 Å². The van der Waals surface area contributed by atoms with E-state index < -0.39 is 0 Å². The molecule has 3 aromatic rings. The van der Waals surface area contributed by atoms with Crippen molar-refractivity contribution in [2.75, 3.05) is 0 Å². The van der Waals surface area contributed by atoms with Gasteiger partial charge in [-0.3, -0.25) is 0 Å². The molecule has 3 rings (SSSR count). The summed E-state index contributed by atoms with van der Waals surface area (Å²) in [5.74, 6) is 1.64. The number of aromatic nitrogens is 4. The van der Waals surface area contributed by atoms with Crippen LogP contribution in [0.25, 0.3) is 11.5 Å². The lowest BCUT2D eigenvalue weighted by Gasteiger charge is -2.07. The standard InChI is InChI=1S/C16H18N4O2S/c1-8-6-9(2)13(10(3)7-8)15-19-20-16(22-15)23-11(4)14-18-17-12(5)21-14/h6-7,11H,1-5H3/t11-/m0/s1. The number of nitrogens with zero attached hydrogens (tertiary/aromatic N) is 4. The zero-order valence-electron chi connectivity index (χ0n) is 13.7. The Labute approximate surface area is 138 Å². The minimum Gasteiger partial charge on any atom is -0.424 e. The molecule has 23 heavy (non-hydrogen) atoms. The van der Waals surface area contributed by atoms with E-state index >= 15 is 0 Å². The summed E-state index contributed by atoms with van der Waals surface area (Å²) >= 11 is 1.40. The number of benzene rings is 1. The quantitative estimate of drug-likeness (QED) is 0.663. The third kappa shape index (κ3) is 3.29. The summed E-state index contributed by atoms with van der Waals surface area (Å²) in [6.45, 7) is 9.91. The number of hydrogen-bond donors (Lipinski definition) is 0. The SMILES string of the molecule is Cc1cc(C)c(-c2nnc(S[C@@H](C)c3nnc(C)o3)o2)c(C)c1. The van der Waals surface area contributed by atoms with Crippen molar-refractivity contribution >= 4 is 11.8 Å². The molecule has 0 bridgehead atoms. The first-order valence-electron chi connectivity index (χ1n) is 7.32. The normalized spacial score (nSPS) is 12.6. The van der Waals surface area contributed by atoms with Crippen LogP contribution >= 0.6 is 11.8 Å². The second kappa shape index (κ2) is 6.16. The molecule has 1 aromatic carbocycles. The molecule has 0 aliphatic heterocycles. The van der Waals surface area contributed by atoms with E-state index in [1.54, 1.807) is 6.92 Å². The first-order chi connectivity index (χ1) is 10.9. The molecule has 6 nitrogen and oxygen atoms in total. The predicted octanol–water partition coefficient (Wildman–Crippen LogP) is 4.21. The Morgan fingerprint density at radius 1 is 0.913 bits per heavy atom. The van der Waals surface area contributed by atoms with Crippen molar-refractivity contribution in [3.8, 4) is 11.5 Å². The third-order valence-electron chi connectivity index (χ3n) is 3.46. The highest BCUT2D eigenvalue weighted by Gasteiger charge is 2.19. The third-order valence-corrected chi connectivity index (χ3v) is 4.39. The van der Waals surface area contributed by atoms with Crippen LogP contribution in [0.1, 0.15) is 40.6 Å². The maximum Gasteiger partial charge on any atom is 0.277 e. The summed E-state index contributed by atoms with van der Waals surface area (Å²) in [6, 6.07) is 4.23. The van der Waals surface area contributed by atoms with Gasteiger partial charge in [0.25, 0.3) is 5.22 Å². The van der Waals surface area contributed by atoms with Gasteiger partial charge in [-0.15, -0.1) is 20.4 Å². The van der Waals surface area contributed by atoms with E-state index in [0.717, 1.165) is 16.7 Å². The molecule has 1 atom stereocenters. The zero-order chi connectivity index (χ0) is 16.6. The molecule has 0 N–H and O–H groups in total. The zero-order valence-corrected chi connectivity index (χ0v) is 14.6. The summed E-state index contributed by atoms with van der Waals surface area (Å²) in [5, 5.41) is 16.6. The Morgan fingerprint density at radius 3 is 2.22 bits per heavy atom. The molecular formula is C16H18N4O2S. The van der Waals surface area contributed by atoms with Crippen molar-refractivity contribution in [3.05, 3.63) is 40.6 Å². The highest BCUT2D eigenvalue weighted by Crippen LogP contribution is 2.35. The van der Waals surface area contributed by atoms with Crippen LogP contribution in [0.5, 0.6) is 0 Å². The van der Waals surface area contributed by atoms with E-state index in [1.807, 2.05) is 6.92 Å². The maximum absolute atomic E-state index is 5.82. The van der Waals surface area contributed by atoms with Crippen molar-refractivity contribution < 1.29 is 8.83 Å². The Bertz CT molecular complexity index is 817. The molecular weight excluding hydrogens is 312 g/mol. The summed E-state index contributed by atoms with van der Waals surface area (Å²) in [7, 11) is 0. The Hall–Kier alpha value is -2.15. The van der Waals surface area contributed by atoms with E-state index in [0.29, 0.717) is 22.9 Å². The number of thioether (sulfide) groups is 1. The van der Waals surface area contributed by atoms with Crippen LogP contribution in [0.15, 0.2) is 26.2 Å². The number of aryl methyl sites for hydroxylation is 4. The second-order valence-corrected chi connectivity index (χ2v) is 6.86. The maximum atomic E-state index is 5.82. The molecule has 0 amide bonds. The van der Waals surface area contributed by atoms with Crippen molar-refractivity contribution in [1.29, 1.82) is 0 Å². The fraction of sp³-hybridized carbons (Fsp3) is 0.375. The first kappa shape index (κ1) is 15.7. The Balaban J connectivity index is 1.84. The van der Waals surface area contributed by atoms with Crippen molar-refractivity contribution in [2.45, 2.75) is 45.1 Å². The van der Waals surface area contributed by atoms with Gasteiger partial charge >= 0.3 is 0 Å². The van der Waals surface area contributed by atoms with Gasteiger partial charge in [0.15, 0.2) is 0 Å². The number of hydrogen-bond acceptors (Lipinski definition) is 7. The molecule has 7 heteroatoms. The molecule has 0 spiro atoms. The molecule has 0 aliphatic carbocycles. The van der Waals surface area contributed by atoms with Gasteiger partial charge in [0.05, 0.1) is 5.25 Å². The van der Waals surface area contributed by atoms with Gasteiger partial charge < -0.3 is 8.83 Å². The lowest BCUT2D eigenvalue weighted by molar-refractivity contribution is 0.454. The van der Waals surface area contributed by atoms with Gasteiger partial charge in [-0.2, -0.15) is 0 Å². The van der Waals surface area contributed by atoms with Crippen LogP contribution in [0.3, 0.4) is 0 Å². The van der Waals surface area contributed by atoms with Gasteiger partial charge in [0, 0.05) is 12.5 Å². The molecule has 0 saturated carbocycles. The van der Waals surface area contributed by atoms with E-state index in [9.17, 15) is 0 Å². The van der Waals surface area contributed by atoms with Crippen molar-refractivity contribution in [3.63, 3.8) is 0 Å². The molecule has 2 aromatic heterocycles. The van der Waals surface area contributed by atoms with Crippen LogP contribution in [-0.4, -0.2) is 20.4 Å². The van der Waals surface area contributed by atoms with E-state index in [4.69, 9.17) is 8.83 Å². The highest BCUT2D eigenvalue weighted by molar-refractivity contribution is 7.99. The van der Waals surface area contributed by atoms with Gasteiger partial charge in [0.2, 0.25) is 17.7 Å². The van der Waals surface area contributed by atoms with Gasteiger partial charge in [-0.1, -0.05) is 29.5 Å². The van der Waals surface area contributed by atoms with Crippen LogP contribution in [-0.2, 0) is 0 Å². The summed E-state index contributed by atoms with van der Waals surface area (Å²) < 4.78 is 11.2. The Kier molecular flexibility index (Phi) is 4.21. The van der Waals surface area contributed by atoms with Crippen LogP contribution in [0, 0.1) is 27.7 Å². The van der Waals surface area contributed by atoms with Gasteiger partial charge in [-0.25, -0.2) is 0 Å². The van der Waals surface area contributed by atoms with E-state index in [2.05, 4.69) is 53.3 Å². The summed E-state index contributed by atoms with van der Waals surface area (Å²) in [5.41, 5.74) is 4.47. The van der Waals surface area contributed by atoms with Crippen LogP contribution in [0.2, 0.25) is 0 Å². The van der Waals surface area contributed by atoms with E-state index in [-0.39, 0.29) is 5.25 Å². The molecule has 0 saturated heterocycles. The average molecular weight is 330 g/mol. The molecule has 120 valence electrons. The monoisotopic (exact) mass is 330 g/mol. The minimum absolute atomic E-state index is 0.0512. The smallest absolute Gasteiger partial charge is 0.277 e. The van der Waals surface area contributed by atoms with Crippen LogP contribution < -0.4 is 0 Å². The molecule has 0 unspecified atom stereocenters. The molecule has 0 radical (unpaired) electrons. The fourth-order valence-electron chi connectivity index (χ4n) is 2.55. The second-order valence-electron chi connectivity index (χ2n) is 5.57. The van der Waals surface area contributed by atoms with Gasteiger partial charge in [0.1, 0.15) is 0 Å². The fourth-order valence-corrected chi connectivity index (χ4v) is 3.27. The summed E-state index contributed by atoms with van der Waals surface area (Å²) in [4.78, 5) is 0. The topological polar surface area (TPSA) is 77.8 Å². The lowest BCUT2D eigenvalue weighted by Crippen LogP contribution is -1.90. The highest BCUT2D eigenvalue weighted by atomic mass is 32.2. The molecule has 2 heterocycles.